The highest BCUT2D eigenvalue weighted by Gasteiger charge is 2.39. The van der Waals surface area contributed by atoms with Crippen LogP contribution in [-0.2, 0) is 4.12 Å². The minimum absolute atomic E-state index is 0.652. The van der Waals surface area contributed by atoms with E-state index in [2.05, 4.69) is 74.7 Å². The van der Waals surface area contributed by atoms with Crippen LogP contribution in [0.25, 0.3) is 0 Å². The Morgan fingerprint density at radius 3 is 1.75 bits per heavy atom. The predicted molar refractivity (Wildman–Crippen MR) is 104 cm³/mol. The van der Waals surface area contributed by atoms with Gasteiger partial charge in [-0.15, -0.1) is 0 Å². The lowest BCUT2D eigenvalue weighted by Crippen LogP contribution is -2.55. The van der Waals surface area contributed by atoms with Gasteiger partial charge in [-0.05, 0) is 79.3 Å². The van der Waals surface area contributed by atoms with Crippen molar-refractivity contribution in [3.8, 4) is 5.75 Å². The van der Waals surface area contributed by atoms with E-state index in [1.54, 1.807) is 0 Å². The molecule has 0 amide bonds. The molecule has 24 heavy (non-hydrogen) atoms. The van der Waals surface area contributed by atoms with Crippen molar-refractivity contribution in [3.05, 3.63) is 59.7 Å². The molecule has 2 aromatic carbocycles. The molecule has 4 heterocycles. The van der Waals surface area contributed by atoms with Crippen molar-refractivity contribution in [3.63, 3.8) is 0 Å². The van der Waals surface area contributed by atoms with Crippen molar-refractivity contribution in [1.29, 1.82) is 0 Å². The summed E-state index contributed by atoms with van der Waals surface area (Å²) < 4.78 is 12.9. The maximum atomic E-state index is 6.62. The Labute approximate surface area is 147 Å². The summed E-state index contributed by atoms with van der Waals surface area (Å²) in [6.45, 7) is 8.86. The Balaban J connectivity index is 1.80. The number of hydrogen-bond donors (Lipinski definition) is 0. The molecule has 0 aromatic heterocycles. The standard InChI is InChI=1S/C20H26O2Si2/c1-23(2)18-11-7-16(8-12-18)20-14-13-19(20)15-5-9-17(10-6-15)21-24(3,4)22-23/h5-12,19-20H,13-14H2,1-4H3/t19-,20+/m0/s1. The Hall–Kier alpha value is -1.37. The summed E-state index contributed by atoms with van der Waals surface area (Å²) >= 11 is 0. The zero-order chi connectivity index (χ0) is 16.9. The second kappa shape index (κ2) is 5.58. The molecule has 0 unspecified atom stereocenters. The van der Waals surface area contributed by atoms with Crippen molar-refractivity contribution in [2.24, 2.45) is 0 Å². The van der Waals surface area contributed by atoms with Crippen LogP contribution in [0.5, 0.6) is 5.75 Å². The highest BCUT2D eigenvalue weighted by molar-refractivity contribution is 6.91. The third-order valence-electron chi connectivity index (χ3n) is 5.48. The van der Waals surface area contributed by atoms with E-state index in [0.717, 1.165) is 5.75 Å². The topological polar surface area (TPSA) is 18.5 Å². The van der Waals surface area contributed by atoms with Crippen LogP contribution in [0.1, 0.15) is 35.8 Å². The fourth-order valence-electron chi connectivity index (χ4n) is 4.19. The molecule has 1 aliphatic carbocycles. The van der Waals surface area contributed by atoms with Crippen molar-refractivity contribution < 1.29 is 8.54 Å². The van der Waals surface area contributed by atoms with Gasteiger partial charge in [0.1, 0.15) is 5.75 Å². The minimum Gasteiger partial charge on any atom is -0.521 e. The number of rotatable bonds is 0. The highest BCUT2D eigenvalue weighted by atomic mass is 28.4. The third-order valence-corrected chi connectivity index (χ3v) is 11.9. The van der Waals surface area contributed by atoms with Crippen molar-refractivity contribution >= 4 is 22.1 Å². The summed E-state index contributed by atoms with van der Waals surface area (Å²) in [5, 5.41) is 1.36. The van der Waals surface area contributed by atoms with E-state index >= 15 is 0 Å². The average molecular weight is 355 g/mol. The molecule has 1 fully saturated rings. The van der Waals surface area contributed by atoms with Crippen molar-refractivity contribution in [2.45, 2.75) is 50.9 Å². The number of hydrogen-bond acceptors (Lipinski definition) is 2. The second-order valence-electron chi connectivity index (χ2n) is 8.10. The lowest BCUT2D eigenvalue weighted by molar-refractivity contribution is 0.346. The Morgan fingerprint density at radius 2 is 1.25 bits per heavy atom. The van der Waals surface area contributed by atoms with E-state index in [0.29, 0.717) is 11.8 Å². The van der Waals surface area contributed by atoms with E-state index < -0.39 is 16.9 Å². The van der Waals surface area contributed by atoms with Crippen molar-refractivity contribution in [2.75, 3.05) is 0 Å². The van der Waals surface area contributed by atoms with Gasteiger partial charge in [0.05, 0.1) is 0 Å². The van der Waals surface area contributed by atoms with Crippen LogP contribution in [0, 0.1) is 0 Å². The summed E-state index contributed by atoms with van der Waals surface area (Å²) in [7, 11) is -4.20. The quantitative estimate of drug-likeness (QED) is 0.628. The zero-order valence-electron chi connectivity index (χ0n) is 15.0. The molecular weight excluding hydrogens is 328 g/mol. The number of benzene rings is 2. The van der Waals surface area contributed by atoms with Crippen LogP contribution in [-0.4, -0.2) is 16.9 Å². The fourth-order valence-corrected chi connectivity index (χ4v) is 11.4. The molecule has 4 aliphatic heterocycles. The monoisotopic (exact) mass is 354 g/mol. The first-order chi connectivity index (χ1) is 11.3. The zero-order valence-corrected chi connectivity index (χ0v) is 17.0. The summed E-state index contributed by atoms with van der Waals surface area (Å²) in [5.74, 6) is 2.26. The molecule has 0 spiro atoms. The first-order valence-electron chi connectivity index (χ1n) is 8.94. The van der Waals surface area contributed by atoms with Gasteiger partial charge in [0.15, 0.2) is 0 Å². The van der Waals surface area contributed by atoms with Crippen LogP contribution in [0.4, 0.5) is 0 Å². The smallest absolute Gasteiger partial charge is 0.382 e. The van der Waals surface area contributed by atoms with E-state index in [1.165, 1.54) is 29.2 Å². The average Bonchev–Trinajstić information content (AvgIpc) is 2.46. The summed E-state index contributed by atoms with van der Waals surface area (Å²) in [6, 6.07) is 18.0. The molecule has 1 saturated carbocycles. The van der Waals surface area contributed by atoms with E-state index in [1.807, 2.05) is 0 Å². The highest BCUT2D eigenvalue weighted by Crippen LogP contribution is 2.49. The fraction of sp³-hybridized carbons (Fsp3) is 0.400. The first kappa shape index (κ1) is 16.1. The Kier molecular flexibility index (Phi) is 3.75. The van der Waals surface area contributed by atoms with Gasteiger partial charge in [-0.2, -0.15) is 0 Å². The molecular formula is C20H26O2Si2. The van der Waals surface area contributed by atoms with Gasteiger partial charge in [-0.25, -0.2) is 0 Å². The van der Waals surface area contributed by atoms with Crippen LogP contribution in [0.15, 0.2) is 48.5 Å². The Bertz CT molecular complexity index is 735. The molecule has 126 valence electrons. The lowest BCUT2D eigenvalue weighted by Gasteiger charge is -2.39. The van der Waals surface area contributed by atoms with Crippen LogP contribution in [0.3, 0.4) is 0 Å². The molecule has 4 bridgehead atoms. The van der Waals surface area contributed by atoms with Crippen molar-refractivity contribution in [1.82, 2.24) is 0 Å². The van der Waals surface area contributed by atoms with Gasteiger partial charge in [0.2, 0.25) is 8.32 Å². The Morgan fingerprint density at radius 1 is 0.750 bits per heavy atom. The summed E-state index contributed by atoms with van der Waals surface area (Å²) in [6.07, 6.45) is 2.58. The van der Waals surface area contributed by atoms with Gasteiger partial charge in [0.25, 0.3) is 0 Å². The minimum atomic E-state index is -2.23. The van der Waals surface area contributed by atoms with E-state index in [9.17, 15) is 0 Å². The second-order valence-corrected chi connectivity index (χ2v) is 15.5. The summed E-state index contributed by atoms with van der Waals surface area (Å²) in [5.41, 5.74) is 2.92. The van der Waals surface area contributed by atoms with Crippen LogP contribution >= 0.6 is 0 Å². The molecule has 2 atom stereocenters. The first-order valence-corrected chi connectivity index (χ1v) is 14.7. The SMILES string of the molecule is C[Si]1(C)Oc2ccc(cc2)[C@@H]2CC[C@@H]2c2ccc(cc2)[Si](C)(C)O1. The third kappa shape index (κ3) is 2.87. The molecule has 0 radical (unpaired) electrons. The maximum Gasteiger partial charge on any atom is 0.382 e. The van der Waals surface area contributed by atoms with Crippen LogP contribution < -0.4 is 9.61 Å². The molecule has 2 nitrogen and oxygen atoms in total. The largest absolute Gasteiger partial charge is 0.521 e. The molecule has 0 N–H and O–H groups in total. The van der Waals surface area contributed by atoms with Gasteiger partial charge in [-0.1, -0.05) is 36.4 Å². The van der Waals surface area contributed by atoms with Gasteiger partial charge in [0, 0.05) is 0 Å². The lowest BCUT2D eigenvalue weighted by atomic mass is 9.67. The van der Waals surface area contributed by atoms with Crippen LogP contribution in [0.2, 0.25) is 26.2 Å². The normalized spacial score (nSPS) is 26.8. The van der Waals surface area contributed by atoms with Gasteiger partial charge >= 0.3 is 8.56 Å². The van der Waals surface area contributed by atoms with Gasteiger partial charge < -0.3 is 8.54 Å². The molecule has 7 rings (SSSR count). The molecule has 4 heteroatoms. The molecule has 2 aromatic rings. The predicted octanol–water partition coefficient (Wildman–Crippen LogP) is 4.87. The van der Waals surface area contributed by atoms with E-state index in [4.69, 9.17) is 8.54 Å². The maximum absolute atomic E-state index is 6.62. The van der Waals surface area contributed by atoms with E-state index in [-0.39, 0.29) is 0 Å². The summed E-state index contributed by atoms with van der Waals surface area (Å²) in [4.78, 5) is 0. The van der Waals surface area contributed by atoms with Gasteiger partial charge in [-0.3, -0.25) is 0 Å². The molecule has 5 aliphatic rings. The molecule has 0 saturated heterocycles.